The van der Waals surface area contributed by atoms with Gasteiger partial charge in [0.2, 0.25) is 0 Å². The first kappa shape index (κ1) is 15.7. The molecule has 0 aromatic carbocycles. The van der Waals surface area contributed by atoms with Crippen molar-refractivity contribution >= 4 is 11.5 Å². The third-order valence-corrected chi connectivity index (χ3v) is 4.86. The lowest BCUT2D eigenvalue weighted by Gasteiger charge is -2.22. The predicted octanol–water partition coefficient (Wildman–Crippen LogP) is 5.10. The summed E-state index contributed by atoms with van der Waals surface area (Å²) >= 11 is 0. The summed E-state index contributed by atoms with van der Waals surface area (Å²) in [6, 6.07) is 0. The second-order valence-corrected chi connectivity index (χ2v) is 6.57. The smallest absolute Gasteiger partial charge is 0.141 e. The molecule has 0 radical (unpaired) electrons. The Kier molecular flexibility index (Phi) is 7.32. The lowest BCUT2D eigenvalue weighted by atomic mass is 9.83. The fraction of sp³-hybridized carbons (Fsp3) is 0.889. The van der Waals surface area contributed by atoms with E-state index in [0.29, 0.717) is 5.78 Å². The highest BCUT2D eigenvalue weighted by Gasteiger charge is 2.26. The number of hydrogen-bond acceptors (Lipinski definition) is 2. The molecule has 0 saturated heterocycles. The molecule has 2 nitrogen and oxygen atoms in total. The Morgan fingerprint density at radius 2 is 1.30 bits per heavy atom. The Morgan fingerprint density at radius 1 is 0.700 bits per heavy atom. The van der Waals surface area contributed by atoms with E-state index in [9.17, 15) is 4.79 Å². The third kappa shape index (κ3) is 5.38. The molecule has 1 heterocycles. The van der Waals surface area contributed by atoms with Crippen molar-refractivity contribution < 1.29 is 4.79 Å². The Bertz CT molecular complexity index is 321. The predicted molar refractivity (Wildman–Crippen MR) is 85.4 cm³/mol. The van der Waals surface area contributed by atoms with Gasteiger partial charge in [-0.05, 0) is 32.1 Å². The third-order valence-electron chi connectivity index (χ3n) is 4.86. The average Bonchev–Trinajstić information content (AvgIpc) is 2.49. The van der Waals surface area contributed by atoms with Crippen molar-refractivity contribution in [1.29, 1.82) is 0 Å². The van der Waals surface area contributed by atoms with Gasteiger partial charge < -0.3 is 0 Å². The number of aliphatic imine (C=N–C) groups is 1. The van der Waals surface area contributed by atoms with Gasteiger partial charge in [0.05, 0.1) is 5.92 Å². The van der Waals surface area contributed by atoms with Gasteiger partial charge in [0, 0.05) is 18.7 Å². The van der Waals surface area contributed by atoms with E-state index >= 15 is 0 Å². The maximum atomic E-state index is 12.1. The van der Waals surface area contributed by atoms with Gasteiger partial charge in [-0.3, -0.25) is 9.79 Å². The number of carbonyl (C=O) groups is 1. The van der Waals surface area contributed by atoms with Crippen molar-refractivity contribution in [3.05, 3.63) is 0 Å². The van der Waals surface area contributed by atoms with E-state index in [1.54, 1.807) is 0 Å². The zero-order chi connectivity index (χ0) is 14.0. The molecular formula is C18H31NO. The van der Waals surface area contributed by atoms with Crippen LogP contribution in [0, 0.1) is 5.92 Å². The van der Waals surface area contributed by atoms with Crippen LogP contribution in [0.2, 0.25) is 0 Å². The normalized spacial score (nSPS) is 27.9. The Labute approximate surface area is 124 Å². The molecule has 0 spiro atoms. The van der Waals surface area contributed by atoms with Crippen molar-refractivity contribution in [2.45, 2.75) is 89.9 Å². The zero-order valence-electron chi connectivity index (χ0n) is 13.0. The minimum Gasteiger partial charge on any atom is -0.299 e. The molecule has 114 valence electrons. The van der Waals surface area contributed by atoms with Gasteiger partial charge in [0.25, 0.3) is 0 Å². The molecule has 0 aromatic rings. The standard InChI is InChI=1S/C18H31NO/c20-18-14-10-9-12-16(18)17-13-8-6-4-2-1-3-5-7-11-15-19-17/h16H,1-15H2. The molecule has 1 aliphatic heterocycles. The number of nitrogens with zero attached hydrogens (tertiary/aromatic N) is 1. The summed E-state index contributed by atoms with van der Waals surface area (Å²) < 4.78 is 0. The Hall–Kier alpha value is -0.660. The number of hydrogen-bond donors (Lipinski definition) is 0. The molecule has 1 atom stereocenters. The first-order valence-electron chi connectivity index (χ1n) is 8.94. The van der Waals surface area contributed by atoms with Crippen molar-refractivity contribution in [2.75, 3.05) is 6.54 Å². The summed E-state index contributed by atoms with van der Waals surface area (Å²) in [5.41, 5.74) is 1.26. The molecule has 0 aromatic heterocycles. The fourth-order valence-corrected chi connectivity index (χ4v) is 3.58. The molecule has 0 amide bonds. The topological polar surface area (TPSA) is 29.4 Å². The lowest BCUT2D eigenvalue weighted by molar-refractivity contribution is -0.122. The van der Waals surface area contributed by atoms with Crippen molar-refractivity contribution in [3.63, 3.8) is 0 Å². The van der Waals surface area contributed by atoms with Gasteiger partial charge in [-0.25, -0.2) is 0 Å². The van der Waals surface area contributed by atoms with Gasteiger partial charge in [-0.1, -0.05) is 51.4 Å². The highest BCUT2D eigenvalue weighted by molar-refractivity contribution is 6.05. The van der Waals surface area contributed by atoms with Crippen molar-refractivity contribution in [2.24, 2.45) is 10.9 Å². The quantitative estimate of drug-likeness (QED) is 0.655. The summed E-state index contributed by atoms with van der Waals surface area (Å²) in [4.78, 5) is 17.0. The second kappa shape index (κ2) is 9.31. The molecule has 2 heteroatoms. The van der Waals surface area contributed by atoms with E-state index < -0.39 is 0 Å². The Balaban J connectivity index is 1.92. The molecule has 2 aliphatic rings. The van der Waals surface area contributed by atoms with Gasteiger partial charge in [-0.2, -0.15) is 0 Å². The molecular weight excluding hydrogens is 246 g/mol. The molecule has 20 heavy (non-hydrogen) atoms. The van der Waals surface area contributed by atoms with Crippen LogP contribution in [0.4, 0.5) is 0 Å². The van der Waals surface area contributed by atoms with E-state index in [2.05, 4.69) is 0 Å². The fourth-order valence-electron chi connectivity index (χ4n) is 3.58. The molecule has 2 rings (SSSR count). The van der Waals surface area contributed by atoms with E-state index in [1.165, 1.54) is 69.9 Å². The van der Waals surface area contributed by atoms with Gasteiger partial charge in [0.15, 0.2) is 0 Å². The van der Waals surface area contributed by atoms with E-state index in [0.717, 1.165) is 32.2 Å². The minimum absolute atomic E-state index is 0.189. The molecule has 1 fully saturated rings. The summed E-state index contributed by atoms with van der Waals surface area (Å²) in [6.45, 7) is 0.957. The SMILES string of the molecule is O=C1CCCCC1C1=NCCCCCCCCCCC1. The second-order valence-electron chi connectivity index (χ2n) is 6.57. The maximum Gasteiger partial charge on any atom is 0.141 e. The minimum atomic E-state index is 0.189. The van der Waals surface area contributed by atoms with Gasteiger partial charge >= 0.3 is 0 Å². The molecule has 1 aliphatic carbocycles. The van der Waals surface area contributed by atoms with Crippen LogP contribution in [0.1, 0.15) is 89.9 Å². The highest BCUT2D eigenvalue weighted by atomic mass is 16.1. The van der Waals surface area contributed by atoms with Crippen LogP contribution in [-0.4, -0.2) is 18.0 Å². The van der Waals surface area contributed by atoms with Crippen LogP contribution in [0.25, 0.3) is 0 Å². The van der Waals surface area contributed by atoms with Crippen LogP contribution in [-0.2, 0) is 4.79 Å². The van der Waals surface area contributed by atoms with Crippen LogP contribution in [0.3, 0.4) is 0 Å². The van der Waals surface area contributed by atoms with Gasteiger partial charge in [-0.15, -0.1) is 0 Å². The summed E-state index contributed by atoms with van der Waals surface area (Å²) in [5.74, 6) is 0.660. The monoisotopic (exact) mass is 277 g/mol. The molecule has 0 N–H and O–H groups in total. The van der Waals surface area contributed by atoms with E-state index in [1.807, 2.05) is 0 Å². The van der Waals surface area contributed by atoms with Crippen molar-refractivity contribution in [3.8, 4) is 0 Å². The van der Waals surface area contributed by atoms with Crippen LogP contribution < -0.4 is 0 Å². The highest BCUT2D eigenvalue weighted by Crippen LogP contribution is 2.25. The Morgan fingerprint density at radius 3 is 2.00 bits per heavy atom. The van der Waals surface area contributed by atoms with Crippen LogP contribution in [0.5, 0.6) is 0 Å². The molecule has 0 bridgehead atoms. The zero-order valence-corrected chi connectivity index (χ0v) is 13.0. The summed E-state index contributed by atoms with van der Waals surface area (Å²) in [6.07, 6.45) is 17.3. The summed E-state index contributed by atoms with van der Waals surface area (Å²) in [7, 11) is 0. The number of Topliss-reactive ketones (excluding diaryl/α,β-unsaturated/α-hetero) is 1. The number of ketones is 1. The van der Waals surface area contributed by atoms with E-state index in [4.69, 9.17) is 4.99 Å². The van der Waals surface area contributed by atoms with E-state index in [-0.39, 0.29) is 5.92 Å². The average molecular weight is 277 g/mol. The number of rotatable bonds is 1. The molecule has 1 unspecified atom stereocenters. The first-order chi connectivity index (χ1) is 9.88. The van der Waals surface area contributed by atoms with Crippen LogP contribution >= 0.6 is 0 Å². The first-order valence-corrected chi connectivity index (χ1v) is 8.94. The molecule has 1 saturated carbocycles. The largest absolute Gasteiger partial charge is 0.299 e. The van der Waals surface area contributed by atoms with Gasteiger partial charge in [0.1, 0.15) is 5.78 Å². The van der Waals surface area contributed by atoms with Crippen LogP contribution in [0.15, 0.2) is 4.99 Å². The maximum absolute atomic E-state index is 12.1. The van der Waals surface area contributed by atoms with Crippen molar-refractivity contribution in [1.82, 2.24) is 0 Å². The lowest BCUT2D eigenvalue weighted by Crippen LogP contribution is -2.27. The summed E-state index contributed by atoms with van der Waals surface area (Å²) in [5, 5.41) is 0. The number of carbonyl (C=O) groups excluding carboxylic acids is 1.